The van der Waals surface area contributed by atoms with Crippen LogP contribution >= 0.6 is 34.9 Å². The van der Waals surface area contributed by atoms with Crippen molar-refractivity contribution in [3.05, 3.63) is 136 Å². The molecule has 6 rings (SSSR count). The first-order chi connectivity index (χ1) is 24.7. The van der Waals surface area contributed by atoms with Crippen molar-refractivity contribution in [3.63, 3.8) is 0 Å². The molecule has 4 bridgehead atoms. The highest BCUT2D eigenvalue weighted by Crippen LogP contribution is 2.48. The Morgan fingerprint density at radius 2 is 1.57 bits per heavy atom. The smallest absolute Gasteiger partial charge is 0.329 e. The second-order valence-electron chi connectivity index (χ2n) is 13.1. The third-order valence-electron chi connectivity index (χ3n) is 8.89. The molecular formula is C40H42N4O4S3. The number of esters is 1. The Morgan fingerprint density at radius 3 is 2.16 bits per heavy atom. The number of hydrogen-bond donors (Lipinski definition) is 2. The Kier molecular flexibility index (Phi) is 11.8. The molecule has 0 saturated carbocycles. The van der Waals surface area contributed by atoms with Gasteiger partial charge in [-0.15, -0.1) is 34.9 Å². The highest BCUT2D eigenvalue weighted by Gasteiger charge is 2.42. The maximum atomic E-state index is 13.6. The lowest BCUT2D eigenvalue weighted by Crippen LogP contribution is -2.53. The standard InChI is InChI=1S/C40H42N4O4S3/c1-27(2)35-37(46)48-31(23-33(45)41-24-34-42-32(25-49-34)36-44-39(3,26-50-36)38(47)43-35)21-13-14-22-51-40(28-15-7-4-8-16-28,29-17-9-5-10-18-29)30-19-11-6-12-20-30/h4-13,15-21,25,27,31,35H,14,22-24,26H2,1-3H3,(H,41,45)(H,43,47)/b21-13+/t31?,35?,39-/m0/s1. The van der Waals surface area contributed by atoms with E-state index in [0.717, 1.165) is 10.8 Å². The molecule has 264 valence electrons. The van der Waals surface area contributed by atoms with E-state index in [1.165, 1.54) is 39.8 Å². The lowest BCUT2D eigenvalue weighted by Gasteiger charge is -2.35. The molecule has 3 atom stereocenters. The molecule has 2 unspecified atom stereocenters. The van der Waals surface area contributed by atoms with Gasteiger partial charge in [0.2, 0.25) is 11.8 Å². The fraction of sp³-hybridized carbons (Fsp3) is 0.325. The van der Waals surface area contributed by atoms with Crippen LogP contribution in [0.15, 0.2) is 114 Å². The zero-order valence-electron chi connectivity index (χ0n) is 28.9. The Bertz CT molecular complexity index is 1780. The van der Waals surface area contributed by atoms with Crippen molar-refractivity contribution < 1.29 is 19.1 Å². The van der Waals surface area contributed by atoms with E-state index in [0.29, 0.717) is 22.9 Å². The molecular weight excluding hydrogens is 697 g/mol. The van der Waals surface area contributed by atoms with Crippen molar-refractivity contribution >= 4 is 57.7 Å². The van der Waals surface area contributed by atoms with Crippen LogP contribution in [0.2, 0.25) is 0 Å². The second kappa shape index (κ2) is 16.4. The van der Waals surface area contributed by atoms with Gasteiger partial charge < -0.3 is 15.4 Å². The van der Waals surface area contributed by atoms with Gasteiger partial charge in [0.1, 0.15) is 33.4 Å². The Labute approximate surface area is 312 Å². The number of carbonyl (C=O) groups excluding carboxylic acids is 3. The Morgan fingerprint density at radius 1 is 0.961 bits per heavy atom. The van der Waals surface area contributed by atoms with Crippen LogP contribution in [-0.2, 0) is 30.4 Å². The molecule has 8 nitrogen and oxygen atoms in total. The van der Waals surface area contributed by atoms with Crippen molar-refractivity contribution in [2.24, 2.45) is 10.9 Å². The van der Waals surface area contributed by atoms with Crippen LogP contribution in [0.4, 0.5) is 0 Å². The summed E-state index contributed by atoms with van der Waals surface area (Å²) in [4.78, 5) is 49.7. The first kappa shape index (κ1) is 36.6. The molecule has 11 heteroatoms. The lowest BCUT2D eigenvalue weighted by molar-refractivity contribution is -0.153. The van der Waals surface area contributed by atoms with E-state index in [1.807, 2.05) is 55.3 Å². The van der Waals surface area contributed by atoms with Crippen LogP contribution in [0, 0.1) is 5.92 Å². The fourth-order valence-corrected chi connectivity index (χ4v) is 9.52. The number of benzene rings is 3. The highest BCUT2D eigenvalue weighted by atomic mass is 32.2. The summed E-state index contributed by atoms with van der Waals surface area (Å²) in [7, 11) is 0. The third-order valence-corrected chi connectivity index (χ3v) is 12.6. The molecule has 0 fully saturated rings. The number of nitrogens with zero attached hydrogens (tertiary/aromatic N) is 2. The number of aromatic nitrogens is 1. The Balaban J connectivity index is 1.23. The number of fused-ring (bicyclic) bond motifs is 4. The number of amides is 2. The van der Waals surface area contributed by atoms with Crippen LogP contribution in [0.3, 0.4) is 0 Å². The van der Waals surface area contributed by atoms with Gasteiger partial charge in [-0.25, -0.2) is 9.78 Å². The second-order valence-corrected chi connectivity index (χ2v) is 16.3. The van der Waals surface area contributed by atoms with Crippen molar-refractivity contribution in [1.82, 2.24) is 15.6 Å². The number of carbonyl (C=O) groups is 3. The van der Waals surface area contributed by atoms with Crippen molar-refractivity contribution in [2.45, 2.75) is 62.6 Å². The predicted molar refractivity (Wildman–Crippen MR) is 208 cm³/mol. The topological polar surface area (TPSA) is 110 Å². The van der Waals surface area contributed by atoms with Gasteiger partial charge in [0, 0.05) is 11.1 Å². The van der Waals surface area contributed by atoms with E-state index in [9.17, 15) is 14.4 Å². The number of thioether (sulfide) groups is 2. The molecule has 2 aliphatic rings. The fourth-order valence-electron chi connectivity index (χ4n) is 6.13. The molecule has 0 spiro atoms. The van der Waals surface area contributed by atoms with Crippen molar-refractivity contribution in [3.8, 4) is 0 Å². The normalized spacial score (nSPS) is 21.6. The molecule has 3 heterocycles. The van der Waals surface area contributed by atoms with E-state index >= 15 is 0 Å². The summed E-state index contributed by atoms with van der Waals surface area (Å²) in [6, 6.07) is 30.7. The van der Waals surface area contributed by atoms with Gasteiger partial charge in [-0.05, 0) is 47.8 Å². The zero-order valence-corrected chi connectivity index (χ0v) is 31.4. The van der Waals surface area contributed by atoms with E-state index in [4.69, 9.17) is 9.73 Å². The number of aliphatic imine (C=N–C) groups is 1. The maximum Gasteiger partial charge on any atom is 0.329 e. The number of thiazole rings is 1. The molecule has 51 heavy (non-hydrogen) atoms. The summed E-state index contributed by atoms with van der Waals surface area (Å²) in [5.74, 6) is -0.264. The largest absolute Gasteiger partial charge is 0.456 e. The lowest BCUT2D eigenvalue weighted by atomic mass is 9.84. The molecule has 1 aromatic heterocycles. The van der Waals surface area contributed by atoms with Crippen molar-refractivity contribution in [1.29, 1.82) is 0 Å². The predicted octanol–water partition coefficient (Wildman–Crippen LogP) is 7.14. The van der Waals surface area contributed by atoms with Gasteiger partial charge in [0.05, 0.1) is 17.7 Å². The molecule has 0 radical (unpaired) electrons. The summed E-state index contributed by atoms with van der Waals surface area (Å²) in [6.07, 6.45) is 3.55. The SMILES string of the molecule is CC(C)C1NC(=O)[C@]2(C)CSC(=N2)c2csc(n2)CNC(=O)CC(/C=C/CCSC(c2ccccc2)(c2ccccc2)c2ccccc2)OC1=O. The number of rotatable bonds is 9. The quantitative estimate of drug-likeness (QED) is 0.0814. The van der Waals surface area contributed by atoms with Gasteiger partial charge in [0.15, 0.2) is 0 Å². The third kappa shape index (κ3) is 8.48. The minimum atomic E-state index is -1.05. The van der Waals surface area contributed by atoms with Crippen LogP contribution < -0.4 is 10.6 Å². The summed E-state index contributed by atoms with van der Waals surface area (Å²) >= 11 is 4.73. The number of hydrogen-bond acceptors (Lipinski definition) is 9. The van der Waals surface area contributed by atoms with Gasteiger partial charge >= 0.3 is 5.97 Å². The van der Waals surface area contributed by atoms with Crippen LogP contribution in [0.5, 0.6) is 0 Å². The van der Waals surface area contributed by atoms with Crippen LogP contribution in [0.25, 0.3) is 0 Å². The average Bonchev–Trinajstić information content (AvgIpc) is 3.79. The maximum absolute atomic E-state index is 13.6. The van der Waals surface area contributed by atoms with Gasteiger partial charge in [0.25, 0.3) is 0 Å². The summed E-state index contributed by atoms with van der Waals surface area (Å²) in [6.45, 7) is 5.73. The van der Waals surface area contributed by atoms with Gasteiger partial charge in [-0.2, -0.15) is 0 Å². The molecule has 0 aliphatic carbocycles. The van der Waals surface area contributed by atoms with Crippen LogP contribution in [0.1, 0.15) is 61.0 Å². The molecule has 2 amide bonds. The number of ether oxygens (including phenoxy) is 1. The van der Waals surface area contributed by atoms with Gasteiger partial charge in [-0.1, -0.05) is 111 Å². The summed E-state index contributed by atoms with van der Waals surface area (Å²) in [5.41, 5.74) is 3.18. The summed E-state index contributed by atoms with van der Waals surface area (Å²) in [5, 5.41) is 9.14. The molecule has 4 aromatic rings. The summed E-state index contributed by atoms with van der Waals surface area (Å²) < 4.78 is 5.52. The number of allylic oxidation sites excluding steroid dienone is 1. The average molecular weight is 739 g/mol. The van der Waals surface area contributed by atoms with E-state index in [-0.39, 0.29) is 30.7 Å². The van der Waals surface area contributed by atoms with E-state index in [1.54, 1.807) is 13.0 Å². The van der Waals surface area contributed by atoms with Gasteiger partial charge in [-0.3, -0.25) is 14.6 Å². The molecule has 2 aliphatic heterocycles. The molecule has 0 saturated heterocycles. The monoisotopic (exact) mass is 738 g/mol. The van der Waals surface area contributed by atoms with Crippen LogP contribution in [-0.4, -0.2) is 57.0 Å². The first-order valence-corrected chi connectivity index (χ1v) is 20.0. The Hall–Kier alpha value is -4.19. The number of nitrogens with one attached hydrogen (secondary N) is 2. The number of cyclic esters (lactones) is 1. The highest BCUT2D eigenvalue weighted by molar-refractivity contribution is 8.14. The van der Waals surface area contributed by atoms with E-state index < -0.39 is 28.4 Å². The first-order valence-electron chi connectivity index (χ1n) is 17.1. The minimum Gasteiger partial charge on any atom is -0.456 e. The molecule has 3 aromatic carbocycles. The van der Waals surface area contributed by atoms with E-state index in [2.05, 4.69) is 88.4 Å². The van der Waals surface area contributed by atoms with Crippen molar-refractivity contribution in [2.75, 3.05) is 11.5 Å². The minimum absolute atomic E-state index is 0.0609. The zero-order chi connectivity index (χ0) is 35.8. The molecule has 2 N–H and O–H groups in total.